The number of aromatic nitrogens is 2. The molecule has 2 aromatic carbocycles. The first-order valence-electron chi connectivity index (χ1n) is 11.0. The molecule has 0 saturated carbocycles. The van der Waals surface area contributed by atoms with Gasteiger partial charge < -0.3 is 20.1 Å². The summed E-state index contributed by atoms with van der Waals surface area (Å²) in [7, 11) is 3.44. The molecule has 0 atom stereocenters. The molecule has 1 aromatic heterocycles. The van der Waals surface area contributed by atoms with Crippen molar-refractivity contribution in [2.75, 3.05) is 27.3 Å². The summed E-state index contributed by atoms with van der Waals surface area (Å²) in [5.74, 6) is 2.35. The second-order valence-electron chi connectivity index (χ2n) is 7.41. The van der Waals surface area contributed by atoms with Crippen LogP contribution in [0.2, 0.25) is 0 Å². The highest BCUT2D eigenvalue weighted by Crippen LogP contribution is 2.28. The zero-order chi connectivity index (χ0) is 22.6. The van der Waals surface area contributed by atoms with Gasteiger partial charge in [0.1, 0.15) is 0 Å². The predicted molar refractivity (Wildman–Crippen MR) is 128 cm³/mol. The van der Waals surface area contributed by atoms with Crippen molar-refractivity contribution >= 4 is 5.96 Å². The van der Waals surface area contributed by atoms with Crippen LogP contribution in [-0.4, -0.2) is 43.0 Å². The summed E-state index contributed by atoms with van der Waals surface area (Å²) in [6.45, 7) is 4.86. The average molecular weight is 436 g/mol. The minimum absolute atomic E-state index is 0.620. The lowest BCUT2D eigenvalue weighted by Gasteiger charge is -2.12. The number of aliphatic imine (C=N–C) groups is 1. The Labute approximate surface area is 190 Å². The van der Waals surface area contributed by atoms with Gasteiger partial charge in [-0.05, 0) is 43.0 Å². The third kappa shape index (κ3) is 7.04. The van der Waals surface area contributed by atoms with Gasteiger partial charge in [0.2, 0.25) is 0 Å². The van der Waals surface area contributed by atoms with Crippen molar-refractivity contribution in [1.29, 1.82) is 0 Å². The van der Waals surface area contributed by atoms with Crippen molar-refractivity contribution in [3.63, 3.8) is 0 Å². The highest BCUT2D eigenvalue weighted by Gasteiger charge is 2.06. The summed E-state index contributed by atoms with van der Waals surface area (Å²) in [5.41, 5.74) is 3.58. The molecule has 0 unspecified atom stereocenters. The SMILES string of the molecule is CCOc1cc(CCCNC(=NC)NCc2cnn(Cc3ccccc3)c2)ccc1OC. The highest BCUT2D eigenvalue weighted by molar-refractivity contribution is 5.79. The van der Waals surface area contributed by atoms with Gasteiger partial charge >= 0.3 is 0 Å². The number of guanidine groups is 1. The third-order valence-corrected chi connectivity index (χ3v) is 5.02. The van der Waals surface area contributed by atoms with Crippen molar-refractivity contribution in [2.24, 2.45) is 4.99 Å². The van der Waals surface area contributed by atoms with Crippen LogP contribution in [0.1, 0.15) is 30.0 Å². The van der Waals surface area contributed by atoms with Crippen LogP contribution in [0.15, 0.2) is 65.9 Å². The monoisotopic (exact) mass is 435 g/mol. The van der Waals surface area contributed by atoms with Gasteiger partial charge in [0, 0.05) is 31.9 Å². The minimum Gasteiger partial charge on any atom is -0.493 e. The summed E-state index contributed by atoms with van der Waals surface area (Å²) in [5, 5.41) is 11.2. The van der Waals surface area contributed by atoms with Crippen LogP contribution in [0.3, 0.4) is 0 Å². The molecule has 1 heterocycles. The molecular weight excluding hydrogens is 402 g/mol. The van der Waals surface area contributed by atoms with E-state index in [0.717, 1.165) is 49.0 Å². The Morgan fingerprint density at radius 2 is 1.88 bits per heavy atom. The number of aryl methyl sites for hydroxylation is 1. The van der Waals surface area contributed by atoms with Gasteiger partial charge in [-0.15, -0.1) is 0 Å². The third-order valence-electron chi connectivity index (χ3n) is 5.02. The number of benzene rings is 2. The molecule has 0 spiro atoms. The van der Waals surface area contributed by atoms with Crippen LogP contribution < -0.4 is 20.1 Å². The molecular formula is C25H33N5O2. The summed E-state index contributed by atoms with van der Waals surface area (Å²) in [6, 6.07) is 16.4. The summed E-state index contributed by atoms with van der Waals surface area (Å²) >= 11 is 0. The van der Waals surface area contributed by atoms with E-state index in [4.69, 9.17) is 9.47 Å². The molecule has 0 amide bonds. The fourth-order valence-corrected chi connectivity index (χ4v) is 3.41. The Morgan fingerprint density at radius 3 is 2.62 bits per heavy atom. The average Bonchev–Trinajstić information content (AvgIpc) is 3.27. The number of ether oxygens (including phenoxy) is 2. The lowest BCUT2D eigenvalue weighted by atomic mass is 10.1. The summed E-state index contributed by atoms with van der Waals surface area (Å²) in [6.07, 6.45) is 5.88. The van der Waals surface area contributed by atoms with Crippen molar-refractivity contribution < 1.29 is 9.47 Å². The predicted octanol–water partition coefficient (Wildman–Crippen LogP) is 3.64. The molecule has 0 aliphatic rings. The van der Waals surface area contributed by atoms with Crippen molar-refractivity contribution in [3.05, 3.63) is 77.6 Å². The molecule has 0 radical (unpaired) electrons. The molecule has 0 saturated heterocycles. The second kappa shape index (κ2) is 12.4. The van der Waals surface area contributed by atoms with E-state index in [1.54, 1.807) is 14.2 Å². The number of hydrogen-bond donors (Lipinski definition) is 2. The van der Waals surface area contributed by atoms with Gasteiger partial charge in [-0.25, -0.2) is 0 Å². The van der Waals surface area contributed by atoms with Crippen LogP contribution >= 0.6 is 0 Å². The smallest absolute Gasteiger partial charge is 0.191 e. The van der Waals surface area contributed by atoms with Crippen molar-refractivity contribution in [1.82, 2.24) is 20.4 Å². The fourth-order valence-electron chi connectivity index (χ4n) is 3.41. The van der Waals surface area contributed by atoms with Crippen LogP contribution in [0.4, 0.5) is 0 Å². The van der Waals surface area contributed by atoms with Crippen LogP contribution in [0.5, 0.6) is 11.5 Å². The molecule has 0 fully saturated rings. The first-order chi connectivity index (χ1) is 15.7. The second-order valence-corrected chi connectivity index (χ2v) is 7.41. The molecule has 7 nitrogen and oxygen atoms in total. The topological polar surface area (TPSA) is 72.7 Å². The minimum atomic E-state index is 0.620. The van der Waals surface area contributed by atoms with Gasteiger partial charge in [-0.1, -0.05) is 36.4 Å². The normalized spacial score (nSPS) is 11.3. The van der Waals surface area contributed by atoms with Gasteiger partial charge in [-0.2, -0.15) is 5.10 Å². The number of rotatable bonds is 11. The number of nitrogens with one attached hydrogen (secondary N) is 2. The Balaban J connectivity index is 1.40. The molecule has 0 aliphatic carbocycles. The van der Waals surface area contributed by atoms with E-state index in [-0.39, 0.29) is 0 Å². The lowest BCUT2D eigenvalue weighted by Crippen LogP contribution is -2.37. The largest absolute Gasteiger partial charge is 0.493 e. The zero-order valence-electron chi connectivity index (χ0n) is 19.2. The molecule has 170 valence electrons. The number of nitrogens with zero attached hydrogens (tertiary/aromatic N) is 3. The maximum absolute atomic E-state index is 5.66. The van der Waals surface area contributed by atoms with Gasteiger partial charge in [0.15, 0.2) is 17.5 Å². The Kier molecular flexibility index (Phi) is 8.98. The van der Waals surface area contributed by atoms with Crippen LogP contribution in [0.25, 0.3) is 0 Å². The number of hydrogen-bond acceptors (Lipinski definition) is 4. The van der Waals surface area contributed by atoms with Crippen LogP contribution in [0, 0.1) is 0 Å². The first-order valence-corrected chi connectivity index (χ1v) is 11.0. The summed E-state index contributed by atoms with van der Waals surface area (Å²) < 4.78 is 13.0. The molecule has 3 rings (SSSR count). The maximum atomic E-state index is 5.66. The quantitative estimate of drug-likeness (QED) is 0.273. The van der Waals surface area contributed by atoms with E-state index in [1.807, 2.05) is 42.1 Å². The molecule has 3 aromatic rings. The van der Waals surface area contributed by atoms with Gasteiger partial charge in [0.25, 0.3) is 0 Å². The summed E-state index contributed by atoms with van der Waals surface area (Å²) in [4.78, 5) is 4.31. The van der Waals surface area contributed by atoms with Gasteiger partial charge in [0.05, 0.1) is 26.5 Å². The van der Waals surface area contributed by atoms with Crippen LogP contribution in [-0.2, 0) is 19.5 Å². The van der Waals surface area contributed by atoms with E-state index < -0.39 is 0 Å². The van der Waals surface area contributed by atoms with Gasteiger partial charge in [-0.3, -0.25) is 9.67 Å². The molecule has 2 N–H and O–H groups in total. The zero-order valence-corrected chi connectivity index (χ0v) is 19.2. The molecule has 32 heavy (non-hydrogen) atoms. The first kappa shape index (κ1) is 23.2. The number of methoxy groups -OCH3 is 1. The van der Waals surface area contributed by atoms with Crippen molar-refractivity contribution in [3.8, 4) is 11.5 Å². The van der Waals surface area contributed by atoms with E-state index in [9.17, 15) is 0 Å². The molecule has 0 aliphatic heterocycles. The maximum Gasteiger partial charge on any atom is 0.191 e. The van der Waals surface area contributed by atoms with Crippen molar-refractivity contribution in [2.45, 2.75) is 32.9 Å². The van der Waals surface area contributed by atoms with E-state index in [1.165, 1.54) is 11.1 Å². The fraction of sp³-hybridized carbons (Fsp3) is 0.360. The highest BCUT2D eigenvalue weighted by atomic mass is 16.5. The molecule has 7 heteroatoms. The Bertz CT molecular complexity index is 985. The Hall–Kier alpha value is -3.48. The molecule has 0 bridgehead atoms. The Morgan fingerprint density at radius 1 is 1.03 bits per heavy atom. The van der Waals surface area contributed by atoms with E-state index in [0.29, 0.717) is 13.2 Å². The standard InChI is InChI=1S/C25H33N5O2/c1-4-32-24-15-20(12-13-23(24)31-3)11-8-14-27-25(26-2)28-16-22-17-29-30(19-22)18-21-9-6-5-7-10-21/h5-7,9-10,12-13,15,17,19H,4,8,11,14,16,18H2,1-3H3,(H2,26,27,28). The van der Waals surface area contributed by atoms with E-state index in [2.05, 4.69) is 51.2 Å². The lowest BCUT2D eigenvalue weighted by molar-refractivity contribution is 0.310. The van der Waals surface area contributed by atoms with E-state index >= 15 is 0 Å².